The van der Waals surface area contributed by atoms with Gasteiger partial charge in [0.05, 0.1) is 0 Å². The molecular formula is C21H25NO2. The van der Waals surface area contributed by atoms with Gasteiger partial charge in [0.1, 0.15) is 0 Å². The van der Waals surface area contributed by atoms with Crippen LogP contribution in [0.1, 0.15) is 65.5 Å². The van der Waals surface area contributed by atoms with E-state index in [1.165, 1.54) is 5.56 Å². The van der Waals surface area contributed by atoms with Gasteiger partial charge in [-0.2, -0.15) is 0 Å². The average Bonchev–Trinajstić information content (AvgIpc) is 2.59. The third-order valence-corrected chi connectivity index (χ3v) is 4.06. The van der Waals surface area contributed by atoms with Crippen molar-refractivity contribution in [3.05, 3.63) is 70.8 Å². The number of hydrogen-bond donors (Lipinski definition) is 1. The van der Waals surface area contributed by atoms with Crippen LogP contribution in [0.5, 0.6) is 0 Å². The molecule has 0 atom stereocenters. The van der Waals surface area contributed by atoms with Crippen LogP contribution in [0.3, 0.4) is 0 Å². The molecule has 0 aliphatic carbocycles. The van der Waals surface area contributed by atoms with Gasteiger partial charge in [-0.15, -0.1) is 0 Å². The molecule has 0 aliphatic rings. The van der Waals surface area contributed by atoms with Gasteiger partial charge < -0.3 is 5.32 Å². The number of carbonyl (C=O) groups is 2. The molecule has 0 spiro atoms. The van der Waals surface area contributed by atoms with Crippen molar-refractivity contribution >= 4 is 11.7 Å². The molecular weight excluding hydrogens is 298 g/mol. The molecule has 24 heavy (non-hydrogen) atoms. The molecule has 2 aromatic carbocycles. The summed E-state index contributed by atoms with van der Waals surface area (Å²) >= 11 is 0. The topological polar surface area (TPSA) is 46.2 Å². The van der Waals surface area contributed by atoms with Gasteiger partial charge >= 0.3 is 0 Å². The molecule has 0 fully saturated rings. The Hall–Kier alpha value is -2.42. The molecule has 0 unspecified atom stereocenters. The summed E-state index contributed by atoms with van der Waals surface area (Å²) < 4.78 is 0. The Morgan fingerprint density at radius 1 is 0.833 bits per heavy atom. The molecule has 1 amide bonds. The summed E-state index contributed by atoms with van der Waals surface area (Å²) in [5.41, 5.74) is 3.56. The molecule has 0 aromatic heterocycles. The third kappa shape index (κ3) is 4.54. The van der Waals surface area contributed by atoms with E-state index < -0.39 is 0 Å². The lowest BCUT2D eigenvalue weighted by atomic mass is 10.00. The lowest BCUT2D eigenvalue weighted by molar-refractivity contribution is 0.0934. The van der Waals surface area contributed by atoms with Crippen molar-refractivity contribution in [1.29, 1.82) is 0 Å². The van der Waals surface area contributed by atoms with E-state index >= 15 is 0 Å². The minimum atomic E-state index is -0.0901. The van der Waals surface area contributed by atoms with Crippen LogP contribution in [0, 0.1) is 5.92 Å². The van der Waals surface area contributed by atoms with Crippen molar-refractivity contribution < 1.29 is 9.59 Å². The van der Waals surface area contributed by atoms with Crippen molar-refractivity contribution in [2.75, 3.05) is 0 Å². The number of hydrogen-bond acceptors (Lipinski definition) is 2. The van der Waals surface area contributed by atoms with Gasteiger partial charge in [0.15, 0.2) is 5.78 Å². The molecule has 0 saturated carbocycles. The third-order valence-electron chi connectivity index (χ3n) is 4.06. The van der Waals surface area contributed by atoms with Gasteiger partial charge in [0, 0.05) is 23.6 Å². The Balaban J connectivity index is 1.95. The fourth-order valence-electron chi connectivity index (χ4n) is 2.42. The van der Waals surface area contributed by atoms with Gasteiger partial charge in [-0.3, -0.25) is 9.59 Å². The van der Waals surface area contributed by atoms with E-state index in [0.717, 1.165) is 5.56 Å². The number of ketones is 1. The Labute approximate surface area is 144 Å². The summed E-state index contributed by atoms with van der Waals surface area (Å²) in [4.78, 5) is 24.1. The van der Waals surface area contributed by atoms with Crippen molar-refractivity contribution in [3.8, 4) is 0 Å². The average molecular weight is 323 g/mol. The van der Waals surface area contributed by atoms with E-state index in [1.54, 1.807) is 0 Å². The maximum atomic E-state index is 12.2. The SMILES string of the molecule is CC(C)C(=O)c1ccc(CNC(=O)c2ccc(C(C)C)cc2)cc1. The molecule has 0 heterocycles. The molecule has 0 bridgehead atoms. The Bertz CT molecular complexity index is 698. The molecule has 1 N–H and O–H groups in total. The van der Waals surface area contributed by atoms with Gasteiger partial charge in [0.2, 0.25) is 0 Å². The molecule has 3 nitrogen and oxygen atoms in total. The summed E-state index contributed by atoms with van der Waals surface area (Å²) in [6, 6.07) is 15.1. The number of nitrogens with one attached hydrogen (secondary N) is 1. The number of rotatable bonds is 6. The van der Waals surface area contributed by atoms with E-state index in [-0.39, 0.29) is 17.6 Å². The number of Topliss-reactive ketones (excluding diaryl/α,β-unsaturated/α-hetero) is 1. The van der Waals surface area contributed by atoms with Crippen molar-refractivity contribution in [1.82, 2.24) is 5.32 Å². The van der Waals surface area contributed by atoms with E-state index in [2.05, 4.69) is 19.2 Å². The second kappa shape index (κ2) is 7.91. The minimum absolute atomic E-state index is 0.00985. The maximum Gasteiger partial charge on any atom is 0.251 e. The molecule has 2 aromatic rings. The zero-order valence-electron chi connectivity index (χ0n) is 14.8. The molecule has 3 heteroatoms. The smallest absolute Gasteiger partial charge is 0.251 e. The van der Waals surface area contributed by atoms with Crippen molar-refractivity contribution in [2.45, 2.75) is 40.2 Å². The van der Waals surface area contributed by atoms with E-state index in [9.17, 15) is 9.59 Å². The minimum Gasteiger partial charge on any atom is -0.348 e. The van der Waals surface area contributed by atoms with Crippen molar-refractivity contribution in [3.63, 3.8) is 0 Å². The number of carbonyl (C=O) groups excluding carboxylic acids is 2. The summed E-state index contributed by atoms with van der Waals surface area (Å²) in [5, 5.41) is 2.91. The first kappa shape index (κ1) is 17.9. The van der Waals surface area contributed by atoms with Crippen LogP contribution in [-0.4, -0.2) is 11.7 Å². The Morgan fingerprint density at radius 2 is 1.38 bits per heavy atom. The van der Waals surface area contributed by atoms with Gasteiger partial charge in [0.25, 0.3) is 5.91 Å². The fraction of sp³-hybridized carbons (Fsp3) is 0.333. The van der Waals surface area contributed by atoms with Gasteiger partial charge in [-0.05, 0) is 29.2 Å². The Kier molecular flexibility index (Phi) is 5.91. The maximum absolute atomic E-state index is 12.2. The van der Waals surface area contributed by atoms with Crippen molar-refractivity contribution in [2.24, 2.45) is 5.92 Å². The van der Waals surface area contributed by atoms with Gasteiger partial charge in [-0.1, -0.05) is 64.1 Å². The standard InChI is InChI=1S/C21H25NO2/c1-14(2)17-9-11-19(12-10-17)21(24)22-13-16-5-7-18(8-6-16)20(23)15(3)4/h5-12,14-15H,13H2,1-4H3,(H,22,24). The van der Waals surface area contributed by atoms with E-state index in [1.807, 2.05) is 62.4 Å². The normalized spacial score (nSPS) is 10.9. The molecule has 0 radical (unpaired) electrons. The number of benzene rings is 2. The fourth-order valence-corrected chi connectivity index (χ4v) is 2.42. The lowest BCUT2D eigenvalue weighted by Crippen LogP contribution is -2.22. The van der Waals surface area contributed by atoms with Crippen LogP contribution in [0.2, 0.25) is 0 Å². The van der Waals surface area contributed by atoms with E-state index in [0.29, 0.717) is 23.6 Å². The predicted octanol–water partition coefficient (Wildman–Crippen LogP) is 4.58. The second-order valence-electron chi connectivity index (χ2n) is 6.68. The summed E-state index contributed by atoms with van der Waals surface area (Å²) in [6.45, 7) is 8.48. The monoisotopic (exact) mass is 323 g/mol. The summed E-state index contributed by atoms with van der Waals surface area (Å²) in [5.74, 6) is 0.488. The first-order valence-corrected chi connectivity index (χ1v) is 8.39. The quantitative estimate of drug-likeness (QED) is 0.791. The second-order valence-corrected chi connectivity index (χ2v) is 6.68. The lowest BCUT2D eigenvalue weighted by Gasteiger charge is -2.09. The number of amides is 1. The van der Waals surface area contributed by atoms with E-state index in [4.69, 9.17) is 0 Å². The highest BCUT2D eigenvalue weighted by atomic mass is 16.1. The molecule has 0 saturated heterocycles. The zero-order chi connectivity index (χ0) is 17.7. The first-order valence-electron chi connectivity index (χ1n) is 8.39. The zero-order valence-corrected chi connectivity index (χ0v) is 14.8. The highest BCUT2D eigenvalue weighted by molar-refractivity contribution is 5.97. The summed E-state index contributed by atoms with van der Waals surface area (Å²) in [6.07, 6.45) is 0. The molecule has 0 aliphatic heterocycles. The first-order chi connectivity index (χ1) is 11.4. The Morgan fingerprint density at radius 3 is 1.88 bits per heavy atom. The van der Waals surface area contributed by atoms with Crippen LogP contribution in [-0.2, 0) is 6.54 Å². The van der Waals surface area contributed by atoms with Crippen LogP contribution in [0.15, 0.2) is 48.5 Å². The van der Waals surface area contributed by atoms with Crippen LogP contribution >= 0.6 is 0 Å². The van der Waals surface area contributed by atoms with Gasteiger partial charge in [-0.25, -0.2) is 0 Å². The summed E-state index contributed by atoms with van der Waals surface area (Å²) in [7, 11) is 0. The van der Waals surface area contributed by atoms with Crippen LogP contribution < -0.4 is 5.32 Å². The molecule has 126 valence electrons. The predicted molar refractivity (Wildman–Crippen MR) is 97.3 cm³/mol. The molecule has 2 rings (SSSR count). The highest BCUT2D eigenvalue weighted by Crippen LogP contribution is 2.15. The largest absolute Gasteiger partial charge is 0.348 e. The van der Waals surface area contributed by atoms with Crippen LogP contribution in [0.25, 0.3) is 0 Å². The highest BCUT2D eigenvalue weighted by Gasteiger charge is 2.10. The van der Waals surface area contributed by atoms with Crippen LogP contribution in [0.4, 0.5) is 0 Å².